The molecule has 0 N–H and O–H groups in total. The lowest BCUT2D eigenvalue weighted by Crippen LogP contribution is -1.91. The van der Waals surface area contributed by atoms with Gasteiger partial charge in [0.15, 0.2) is 0 Å². The highest BCUT2D eigenvalue weighted by atomic mass is 32.1. The van der Waals surface area contributed by atoms with Crippen LogP contribution >= 0.6 is 22.7 Å². The minimum absolute atomic E-state index is 0.668. The van der Waals surface area contributed by atoms with Crippen LogP contribution in [-0.4, -0.2) is 15.1 Å². The molecule has 3 aromatic heterocycles. The minimum Gasteiger partial charge on any atom is -0.339 e. The van der Waals surface area contributed by atoms with Crippen LogP contribution in [-0.2, 0) is 12.8 Å². The summed E-state index contributed by atoms with van der Waals surface area (Å²) in [5.41, 5.74) is 2.91. The molecule has 0 saturated heterocycles. The van der Waals surface area contributed by atoms with Gasteiger partial charge in [0.2, 0.25) is 11.7 Å². The maximum absolute atomic E-state index is 5.21. The van der Waals surface area contributed by atoms with E-state index in [9.17, 15) is 0 Å². The zero-order chi connectivity index (χ0) is 11.5. The molecule has 0 unspecified atom stereocenters. The van der Waals surface area contributed by atoms with Crippen molar-refractivity contribution in [3.8, 4) is 10.7 Å². The number of aromatic nitrogens is 3. The van der Waals surface area contributed by atoms with E-state index in [0.29, 0.717) is 11.7 Å². The summed E-state index contributed by atoms with van der Waals surface area (Å²) in [5.74, 6) is 1.34. The lowest BCUT2D eigenvalue weighted by atomic mass is 10.2. The molecule has 0 aromatic carbocycles. The Morgan fingerprint density at radius 3 is 3.06 bits per heavy atom. The predicted octanol–water partition coefficient (Wildman–Crippen LogP) is 3.04. The van der Waals surface area contributed by atoms with Gasteiger partial charge in [-0.2, -0.15) is 4.98 Å². The maximum Gasteiger partial charge on any atom is 0.227 e. The third-order valence-electron chi connectivity index (χ3n) is 2.29. The van der Waals surface area contributed by atoms with Gasteiger partial charge in [-0.1, -0.05) is 11.2 Å². The normalized spacial score (nSPS) is 10.8. The highest BCUT2D eigenvalue weighted by Gasteiger charge is 2.09. The first-order valence-electron chi connectivity index (χ1n) is 5.15. The first-order chi connectivity index (χ1) is 8.42. The van der Waals surface area contributed by atoms with Crippen molar-refractivity contribution in [1.82, 2.24) is 15.1 Å². The molecule has 86 valence electrons. The van der Waals surface area contributed by atoms with Crippen LogP contribution in [0, 0.1) is 0 Å². The molecule has 0 fully saturated rings. The molecule has 6 heteroatoms. The number of aryl methyl sites for hydroxylation is 2. The lowest BCUT2D eigenvalue weighted by Gasteiger charge is -1.90. The summed E-state index contributed by atoms with van der Waals surface area (Å²) >= 11 is 3.21. The molecule has 0 aliphatic rings. The van der Waals surface area contributed by atoms with E-state index in [1.165, 1.54) is 0 Å². The Bertz CT molecular complexity index is 572. The highest BCUT2D eigenvalue weighted by Crippen LogP contribution is 2.21. The quantitative estimate of drug-likeness (QED) is 0.726. The van der Waals surface area contributed by atoms with Crippen LogP contribution in [0.4, 0.5) is 0 Å². The number of thiophene rings is 1. The van der Waals surface area contributed by atoms with Crippen molar-refractivity contribution in [3.63, 3.8) is 0 Å². The monoisotopic (exact) mass is 263 g/mol. The summed E-state index contributed by atoms with van der Waals surface area (Å²) in [4.78, 5) is 9.61. The number of thiazole rings is 1. The smallest absolute Gasteiger partial charge is 0.227 e. The van der Waals surface area contributed by atoms with Crippen LogP contribution in [0.3, 0.4) is 0 Å². The molecule has 0 bridgehead atoms. The molecule has 0 atom stereocenters. The van der Waals surface area contributed by atoms with Crippen molar-refractivity contribution in [2.24, 2.45) is 0 Å². The van der Waals surface area contributed by atoms with Gasteiger partial charge in [0.05, 0.1) is 16.1 Å². The molecular formula is C11H9N3OS2. The lowest BCUT2D eigenvalue weighted by molar-refractivity contribution is 0.378. The Kier molecular flexibility index (Phi) is 2.98. The third kappa shape index (κ3) is 2.42. The van der Waals surface area contributed by atoms with Gasteiger partial charge in [-0.05, 0) is 17.9 Å². The van der Waals surface area contributed by atoms with E-state index in [2.05, 4.69) is 15.1 Å². The van der Waals surface area contributed by atoms with Gasteiger partial charge in [-0.3, -0.25) is 0 Å². The highest BCUT2D eigenvalue weighted by molar-refractivity contribution is 7.13. The summed E-state index contributed by atoms with van der Waals surface area (Å²) in [5, 5.41) is 8.00. The van der Waals surface area contributed by atoms with Crippen molar-refractivity contribution in [2.75, 3.05) is 0 Å². The third-order valence-corrected chi connectivity index (χ3v) is 3.79. The Morgan fingerprint density at radius 2 is 2.29 bits per heavy atom. The van der Waals surface area contributed by atoms with Gasteiger partial charge in [-0.15, -0.1) is 22.7 Å². The van der Waals surface area contributed by atoms with Crippen LogP contribution in [0.2, 0.25) is 0 Å². The molecule has 17 heavy (non-hydrogen) atoms. The van der Waals surface area contributed by atoms with E-state index in [0.717, 1.165) is 23.4 Å². The van der Waals surface area contributed by atoms with Crippen LogP contribution in [0.25, 0.3) is 10.7 Å². The Labute approximate surface area is 106 Å². The average Bonchev–Trinajstić information content (AvgIpc) is 3.09. The first kappa shape index (κ1) is 10.6. The molecule has 3 aromatic rings. The predicted molar refractivity (Wildman–Crippen MR) is 67.1 cm³/mol. The summed E-state index contributed by atoms with van der Waals surface area (Å²) < 4.78 is 5.21. The molecule has 0 aliphatic heterocycles. The van der Waals surface area contributed by atoms with E-state index < -0.39 is 0 Å². The molecule has 0 spiro atoms. The van der Waals surface area contributed by atoms with Crippen LogP contribution < -0.4 is 0 Å². The fourth-order valence-electron chi connectivity index (χ4n) is 1.46. The van der Waals surface area contributed by atoms with Gasteiger partial charge < -0.3 is 4.52 Å². The van der Waals surface area contributed by atoms with Crippen molar-refractivity contribution < 1.29 is 4.52 Å². The SMILES string of the molecule is c1csc(-c2noc(CCc3cscn3)n2)c1. The average molecular weight is 263 g/mol. The Hall–Kier alpha value is -1.53. The summed E-state index contributed by atoms with van der Waals surface area (Å²) in [6, 6.07) is 3.96. The zero-order valence-electron chi connectivity index (χ0n) is 8.87. The standard InChI is InChI=1S/C11H9N3OS2/c1-2-9(17-5-1)11-13-10(15-14-11)4-3-8-6-16-7-12-8/h1-2,5-7H,3-4H2. The van der Waals surface area contributed by atoms with Gasteiger partial charge in [0.1, 0.15) is 0 Å². The van der Waals surface area contributed by atoms with Gasteiger partial charge in [-0.25, -0.2) is 4.98 Å². The summed E-state index contributed by atoms with van der Waals surface area (Å²) in [7, 11) is 0. The summed E-state index contributed by atoms with van der Waals surface area (Å²) in [6.45, 7) is 0. The number of nitrogens with zero attached hydrogens (tertiary/aromatic N) is 3. The van der Waals surface area contributed by atoms with Gasteiger partial charge in [0, 0.05) is 11.8 Å². The van der Waals surface area contributed by atoms with Crippen LogP contribution in [0.15, 0.2) is 32.9 Å². The fraction of sp³-hybridized carbons (Fsp3) is 0.182. The van der Waals surface area contributed by atoms with E-state index >= 15 is 0 Å². The molecule has 4 nitrogen and oxygen atoms in total. The van der Waals surface area contributed by atoms with Gasteiger partial charge >= 0.3 is 0 Å². The van der Waals surface area contributed by atoms with Crippen molar-refractivity contribution in [2.45, 2.75) is 12.8 Å². The second kappa shape index (κ2) is 4.77. The van der Waals surface area contributed by atoms with Crippen molar-refractivity contribution >= 4 is 22.7 Å². The van der Waals surface area contributed by atoms with E-state index in [1.54, 1.807) is 22.7 Å². The van der Waals surface area contributed by atoms with E-state index in [1.807, 2.05) is 28.4 Å². The Morgan fingerprint density at radius 1 is 1.29 bits per heavy atom. The van der Waals surface area contributed by atoms with Crippen LogP contribution in [0.5, 0.6) is 0 Å². The number of rotatable bonds is 4. The van der Waals surface area contributed by atoms with Crippen LogP contribution in [0.1, 0.15) is 11.6 Å². The molecular weight excluding hydrogens is 254 g/mol. The van der Waals surface area contributed by atoms with E-state index in [-0.39, 0.29) is 0 Å². The molecule has 3 heterocycles. The Balaban J connectivity index is 1.69. The van der Waals surface area contributed by atoms with Crippen molar-refractivity contribution in [3.05, 3.63) is 40.0 Å². The number of hydrogen-bond donors (Lipinski definition) is 0. The van der Waals surface area contributed by atoms with E-state index in [4.69, 9.17) is 4.52 Å². The first-order valence-corrected chi connectivity index (χ1v) is 6.97. The van der Waals surface area contributed by atoms with Gasteiger partial charge in [0.25, 0.3) is 0 Å². The van der Waals surface area contributed by atoms with Crippen molar-refractivity contribution in [1.29, 1.82) is 0 Å². The zero-order valence-corrected chi connectivity index (χ0v) is 10.5. The fourth-order valence-corrected chi connectivity index (χ4v) is 2.70. The maximum atomic E-state index is 5.21. The second-order valence-electron chi connectivity index (χ2n) is 3.47. The molecule has 0 saturated carbocycles. The topological polar surface area (TPSA) is 51.8 Å². The largest absolute Gasteiger partial charge is 0.339 e. The number of hydrogen-bond acceptors (Lipinski definition) is 6. The molecule has 0 amide bonds. The molecule has 0 aliphatic carbocycles. The summed E-state index contributed by atoms with van der Waals surface area (Å²) in [6.07, 6.45) is 1.58. The molecule has 3 rings (SSSR count). The second-order valence-corrected chi connectivity index (χ2v) is 5.14. The minimum atomic E-state index is 0.668. The molecule has 0 radical (unpaired) electrons.